The molecule has 0 N–H and O–H groups in total. The molecule has 0 spiro atoms. The number of para-hydroxylation sites is 3. The molecule has 12 rings (SSSR count). The van der Waals surface area contributed by atoms with Crippen LogP contribution in [0.4, 0.5) is 0 Å². The predicted octanol–water partition coefficient (Wildman–Crippen LogP) is 13.0. The summed E-state index contributed by atoms with van der Waals surface area (Å²) in [6.45, 7) is 0. The van der Waals surface area contributed by atoms with Gasteiger partial charge < -0.3 is 8.98 Å². The van der Waals surface area contributed by atoms with Crippen molar-refractivity contribution in [1.29, 1.82) is 0 Å². The van der Waals surface area contributed by atoms with E-state index >= 15 is 0 Å². The first kappa shape index (κ1) is 31.5. The summed E-state index contributed by atoms with van der Waals surface area (Å²) < 4.78 is 10.9. The van der Waals surface area contributed by atoms with Crippen LogP contribution in [0.5, 0.6) is 0 Å². The molecule has 4 aromatic heterocycles. The molecule has 8 aromatic carbocycles. The van der Waals surface area contributed by atoms with E-state index in [1.54, 1.807) is 0 Å². The maximum absolute atomic E-state index is 6.31. The lowest BCUT2D eigenvalue weighted by atomic mass is 10.1. The third-order valence-electron chi connectivity index (χ3n) is 11.2. The average molecular weight is 730 g/mol. The Labute approximate surface area is 326 Å². The Bertz CT molecular complexity index is 3520. The molecule has 0 amide bonds. The second-order valence-corrected chi connectivity index (χ2v) is 14.4. The summed E-state index contributed by atoms with van der Waals surface area (Å²) in [6.07, 6.45) is 0. The number of benzene rings is 8. The van der Waals surface area contributed by atoms with Gasteiger partial charge in [0.2, 0.25) is 5.95 Å². The average Bonchev–Trinajstić information content (AvgIpc) is 3.93. The molecule has 0 fully saturated rings. The van der Waals surface area contributed by atoms with Gasteiger partial charge in [-0.1, -0.05) is 140 Å². The summed E-state index contributed by atoms with van der Waals surface area (Å²) >= 11 is 0. The molecule has 6 nitrogen and oxygen atoms in total. The lowest BCUT2D eigenvalue weighted by Gasteiger charge is -2.12. The van der Waals surface area contributed by atoms with Crippen molar-refractivity contribution in [3.05, 3.63) is 188 Å². The molecule has 0 saturated carbocycles. The number of furan rings is 1. The molecule has 57 heavy (non-hydrogen) atoms. The minimum atomic E-state index is 0.544. The second kappa shape index (κ2) is 12.3. The number of fused-ring (bicyclic) bond motifs is 9. The van der Waals surface area contributed by atoms with Crippen molar-refractivity contribution in [3.8, 4) is 45.5 Å². The smallest absolute Gasteiger partial charge is 0.238 e. The van der Waals surface area contributed by atoms with Gasteiger partial charge in [-0.05, 0) is 59.7 Å². The molecule has 0 unspecified atom stereocenters. The lowest BCUT2D eigenvalue weighted by Crippen LogP contribution is -2.06. The first-order valence-corrected chi connectivity index (χ1v) is 19.1. The molecule has 4 heterocycles. The van der Waals surface area contributed by atoms with Crippen molar-refractivity contribution in [3.63, 3.8) is 0 Å². The van der Waals surface area contributed by atoms with E-state index in [9.17, 15) is 0 Å². The second-order valence-electron chi connectivity index (χ2n) is 14.4. The third kappa shape index (κ3) is 4.87. The summed E-state index contributed by atoms with van der Waals surface area (Å²) in [5.41, 5.74) is 11.1. The molecule has 12 aromatic rings. The van der Waals surface area contributed by atoms with Crippen molar-refractivity contribution < 1.29 is 4.42 Å². The largest absolute Gasteiger partial charge is 0.456 e. The summed E-state index contributed by atoms with van der Waals surface area (Å²) in [5.74, 6) is 1.72. The van der Waals surface area contributed by atoms with Crippen LogP contribution in [0.15, 0.2) is 192 Å². The quantitative estimate of drug-likeness (QED) is 0.177. The van der Waals surface area contributed by atoms with Crippen LogP contribution < -0.4 is 0 Å². The lowest BCUT2D eigenvalue weighted by molar-refractivity contribution is 0.669. The minimum absolute atomic E-state index is 0.544. The standard InChI is InChI=1S/C51H31N5O/c1-3-15-32(16-4-1)34-19-13-20-35(29-34)55-42-25-10-7-21-36(42)40-30-41-37-22-8-11-26-43(37)56(45(41)31-44(40)55)51-53-49(33-17-5-2-6-18-33)52-50(54-51)39-24-14-28-47-48(39)38-23-9-12-27-46(38)57-47/h1-31H. The third-order valence-corrected chi connectivity index (χ3v) is 11.2. The molecule has 0 saturated heterocycles. The normalized spacial score (nSPS) is 11.9. The Kier molecular flexibility index (Phi) is 6.83. The maximum atomic E-state index is 6.31. The van der Waals surface area contributed by atoms with Gasteiger partial charge in [0.15, 0.2) is 11.6 Å². The fourth-order valence-electron chi connectivity index (χ4n) is 8.64. The van der Waals surface area contributed by atoms with Crippen molar-refractivity contribution in [2.45, 2.75) is 0 Å². The van der Waals surface area contributed by atoms with E-state index in [2.05, 4.69) is 137 Å². The van der Waals surface area contributed by atoms with E-state index in [0.717, 1.165) is 71.6 Å². The Morgan fingerprint density at radius 2 is 0.930 bits per heavy atom. The molecule has 6 heteroatoms. The molecular weight excluding hydrogens is 699 g/mol. The molecule has 0 atom stereocenters. The van der Waals surface area contributed by atoms with Crippen molar-refractivity contribution in [2.24, 2.45) is 0 Å². The highest BCUT2D eigenvalue weighted by Gasteiger charge is 2.22. The first-order chi connectivity index (χ1) is 28.3. The van der Waals surface area contributed by atoms with Crippen LogP contribution in [0.2, 0.25) is 0 Å². The predicted molar refractivity (Wildman–Crippen MR) is 232 cm³/mol. The zero-order valence-corrected chi connectivity index (χ0v) is 30.5. The van der Waals surface area contributed by atoms with Gasteiger partial charge in [-0.15, -0.1) is 0 Å². The fraction of sp³-hybridized carbons (Fsp3) is 0. The SMILES string of the molecule is c1ccc(-c2cccc(-n3c4ccccc4c4cc5c6ccccc6n(-c6nc(-c7ccccc7)nc(-c7cccc8oc9ccccc9c78)n6)c5cc43)c2)cc1. The summed E-state index contributed by atoms with van der Waals surface area (Å²) in [6, 6.07) is 65.6. The Morgan fingerprint density at radius 3 is 1.70 bits per heavy atom. The minimum Gasteiger partial charge on any atom is -0.456 e. The fourth-order valence-corrected chi connectivity index (χ4v) is 8.64. The van der Waals surface area contributed by atoms with Gasteiger partial charge >= 0.3 is 0 Å². The van der Waals surface area contributed by atoms with Gasteiger partial charge in [-0.3, -0.25) is 4.57 Å². The highest BCUT2D eigenvalue weighted by molar-refractivity contribution is 6.19. The van der Waals surface area contributed by atoms with Crippen LogP contribution in [0.25, 0.3) is 111 Å². The van der Waals surface area contributed by atoms with Gasteiger partial charge in [-0.2, -0.15) is 9.97 Å². The highest BCUT2D eigenvalue weighted by atomic mass is 16.3. The highest BCUT2D eigenvalue weighted by Crippen LogP contribution is 2.41. The van der Waals surface area contributed by atoms with Crippen molar-refractivity contribution in [2.75, 3.05) is 0 Å². The molecular formula is C51H31N5O. The van der Waals surface area contributed by atoms with Crippen LogP contribution in [0.1, 0.15) is 0 Å². The van der Waals surface area contributed by atoms with Gasteiger partial charge in [0, 0.05) is 49.1 Å². The van der Waals surface area contributed by atoms with Crippen LogP contribution in [0, 0.1) is 0 Å². The number of rotatable bonds is 5. The summed E-state index contributed by atoms with van der Waals surface area (Å²) in [5, 5.41) is 6.65. The molecule has 0 bridgehead atoms. The number of aromatic nitrogens is 5. The van der Waals surface area contributed by atoms with E-state index < -0.39 is 0 Å². The van der Waals surface area contributed by atoms with Gasteiger partial charge in [-0.25, -0.2) is 4.98 Å². The topological polar surface area (TPSA) is 61.7 Å². The van der Waals surface area contributed by atoms with E-state index in [1.807, 2.05) is 60.7 Å². The zero-order chi connectivity index (χ0) is 37.5. The van der Waals surface area contributed by atoms with Gasteiger partial charge in [0.1, 0.15) is 11.2 Å². The number of nitrogens with zero attached hydrogens (tertiary/aromatic N) is 5. The first-order valence-electron chi connectivity index (χ1n) is 19.1. The zero-order valence-electron chi connectivity index (χ0n) is 30.5. The molecule has 0 aliphatic heterocycles. The molecule has 0 aliphatic carbocycles. The monoisotopic (exact) mass is 729 g/mol. The van der Waals surface area contributed by atoms with E-state index in [0.29, 0.717) is 17.6 Å². The molecule has 0 radical (unpaired) electrons. The number of hydrogen-bond acceptors (Lipinski definition) is 4. The Hall–Kier alpha value is -7.83. The number of hydrogen-bond donors (Lipinski definition) is 0. The summed E-state index contributed by atoms with van der Waals surface area (Å²) in [7, 11) is 0. The van der Waals surface area contributed by atoms with Crippen molar-refractivity contribution in [1.82, 2.24) is 24.1 Å². The molecule has 266 valence electrons. The maximum Gasteiger partial charge on any atom is 0.238 e. The summed E-state index contributed by atoms with van der Waals surface area (Å²) in [4.78, 5) is 15.8. The Balaban J connectivity index is 1.17. The van der Waals surface area contributed by atoms with E-state index in [1.165, 1.54) is 21.9 Å². The van der Waals surface area contributed by atoms with E-state index in [4.69, 9.17) is 19.4 Å². The van der Waals surface area contributed by atoms with Crippen LogP contribution in [-0.4, -0.2) is 24.1 Å². The van der Waals surface area contributed by atoms with Gasteiger partial charge in [0.05, 0.1) is 22.1 Å². The van der Waals surface area contributed by atoms with Crippen LogP contribution in [-0.2, 0) is 0 Å². The van der Waals surface area contributed by atoms with Crippen LogP contribution in [0.3, 0.4) is 0 Å². The molecule has 0 aliphatic rings. The van der Waals surface area contributed by atoms with Crippen LogP contribution >= 0.6 is 0 Å². The van der Waals surface area contributed by atoms with Gasteiger partial charge in [0.25, 0.3) is 0 Å². The van der Waals surface area contributed by atoms with E-state index in [-0.39, 0.29) is 0 Å². The van der Waals surface area contributed by atoms with Crippen molar-refractivity contribution >= 4 is 65.6 Å². The Morgan fingerprint density at radius 1 is 0.351 bits per heavy atom.